The third kappa shape index (κ3) is 5.75. The first kappa shape index (κ1) is 25.2. The lowest BCUT2D eigenvalue weighted by atomic mass is 9.98. The number of esters is 1. The molecule has 0 aromatic heterocycles. The summed E-state index contributed by atoms with van der Waals surface area (Å²) >= 11 is 0. The van der Waals surface area contributed by atoms with Gasteiger partial charge in [-0.3, -0.25) is 14.4 Å². The summed E-state index contributed by atoms with van der Waals surface area (Å²) in [4.78, 5) is 35.5. The van der Waals surface area contributed by atoms with E-state index in [1.54, 1.807) is 0 Å². The Kier molecular flexibility index (Phi) is 7.62. The maximum absolute atomic E-state index is 13.4. The Morgan fingerprint density at radius 3 is 2.24 bits per heavy atom. The number of rotatable bonds is 7. The van der Waals surface area contributed by atoms with E-state index in [2.05, 4.69) is 5.32 Å². The number of nitrogens with zero attached hydrogens (tertiary/aromatic N) is 1. The molecule has 0 radical (unpaired) electrons. The highest BCUT2D eigenvalue weighted by Gasteiger charge is 2.34. The van der Waals surface area contributed by atoms with Gasteiger partial charge < -0.3 is 15.8 Å². The van der Waals surface area contributed by atoms with Gasteiger partial charge in [0.25, 0.3) is 5.91 Å². The normalized spacial score (nSPS) is 16.0. The second-order valence-corrected chi connectivity index (χ2v) is 9.70. The molecule has 1 saturated heterocycles. The lowest BCUT2D eigenvalue weighted by Crippen LogP contribution is -2.41. The second kappa shape index (κ2) is 10.3. The average molecular weight is 496 g/mol. The molecule has 2 aromatic rings. The Bertz CT molecular complexity index is 1200. The number of nitrogens with one attached hydrogen (secondary N) is 1. The number of nitrogens with two attached hydrogens (primary N) is 1. The van der Waals surface area contributed by atoms with Crippen LogP contribution in [-0.2, 0) is 24.3 Å². The van der Waals surface area contributed by atoms with Crippen molar-refractivity contribution in [2.24, 2.45) is 11.7 Å². The summed E-state index contributed by atoms with van der Waals surface area (Å²) in [6.45, 7) is 1.36. The number of amides is 2. The van der Waals surface area contributed by atoms with Crippen LogP contribution < -0.4 is 11.1 Å². The molecule has 1 unspecified atom stereocenters. The van der Waals surface area contributed by atoms with E-state index in [0.717, 1.165) is 16.4 Å². The molecule has 1 heterocycles. The van der Waals surface area contributed by atoms with Crippen molar-refractivity contribution in [2.45, 2.75) is 30.8 Å². The zero-order valence-corrected chi connectivity index (χ0v) is 19.0. The van der Waals surface area contributed by atoms with E-state index >= 15 is 0 Å². The quantitative estimate of drug-likeness (QED) is 0.564. The van der Waals surface area contributed by atoms with Crippen molar-refractivity contribution in [2.75, 3.05) is 18.4 Å². The van der Waals surface area contributed by atoms with E-state index in [0.29, 0.717) is 11.8 Å². The number of anilines is 1. The highest BCUT2D eigenvalue weighted by atomic mass is 32.2. The lowest BCUT2D eigenvalue weighted by Gasteiger charge is -2.30. The number of sulfonamides is 1. The number of hydrogen-bond donors (Lipinski definition) is 2. The zero-order chi connectivity index (χ0) is 25.0. The Morgan fingerprint density at radius 2 is 1.68 bits per heavy atom. The maximum atomic E-state index is 13.4. The fourth-order valence-electron chi connectivity index (χ4n) is 3.40. The van der Waals surface area contributed by atoms with Crippen molar-refractivity contribution in [3.05, 3.63) is 59.7 Å². The zero-order valence-electron chi connectivity index (χ0n) is 18.2. The molecule has 9 nitrogen and oxygen atoms in total. The third-order valence-electron chi connectivity index (χ3n) is 5.42. The molecule has 3 N–H and O–H groups in total. The van der Waals surface area contributed by atoms with Gasteiger partial charge in [-0.15, -0.1) is 0 Å². The van der Waals surface area contributed by atoms with E-state index in [1.807, 2.05) is 0 Å². The Labute approximate surface area is 194 Å². The first-order valence-corrected chi connectivity index (χ1v) is 11.8. The number of hydrogen-bond acceptors (Lipinski definition) is 6. The number of benzene rings is 2. The predicted molar refractivity (Wildman–Crippen MR) is 117 cm³/mol. The van der Waals surface area contributed by atoms with Gasteiger partial charge in [-0.25, -0.2) is 17.2 Å². The standard InChI is InChI=1S/C22H23F2N3O6S/c1-13(21(29)26-16-4-2-14(3-5-16)20(25)28)33-22(30)15-8-10-27(11-9-15)34(31,32)17-6-7-18(23)19(24)12-17/h2-7,12-13,15H,8-11H2,1H3,(H2,25,28)(H,26,29). The van der Waals surface area contributed by atoms with Crippen molar-refractivity contribution in [1.29, 1.82) is 0 Å². The summed E-state index contributed by atoms with van der Waals surface area (Å²) < 4.78 is 58.2. The Morgan fingerprint density at radius 1 is 1.06 bits per heavy atom. The summed E-state index contributed by atoms with van der Waals surface area (Å²) in [5, 5.41) is 2.56. The molecule has 182 valence electrons. The molecule has 1 atom stereocenters. The molecule has 0 spiro atoms. The van der Waals surface area contributed by atoms with Gasteiger partial charge in [-0.2, -0.15) is 4.31 Å². The van der Waals surface area contributed by atoms with E-state index in [-0.39, 0.29) is 36.4 Å². The highest BCUT2D eigenvalue weighted by molar-refractivity contribution is 7.89. The molecule has 0 saturated carbocycles. The van der Waals surface area contributed by atoms with Gasteiger partial charge in [0.15, 0.2) is 17.7 Å². The topological polar surface area (TPSA) is 136 Å². The van der Waals surface area contributed by atoms with Gasteiger partial charge in [0, 0.05) is 24.3 Å². The molecule has 3 rings (SSSR count). The summed E-state index contributed by atoms with van der Waals surface area (Å²) in [7, 11) is -4.05. The van der Waals surface area contributed by atoms with Crippen LogP contribution in [0.5, 0.6) is 0 Å². The highest BCUT2D eigenvalue weighted by Crippen LogP contribution is 2.26. The molecule has 0 bridgehead atoms. The van der Waals surface area contributed by atoms with Crippen LogP contribution >= 0.6 is 0 Å². The maximum Gasteiger partial charge on any atom is 0.309 e. The molecule has 34 heavy (non-hydrogen) atoms. The van der Waals surface area contributed by atoms with Crippen LogP contribution in [0.15, 0.2) is 47.4 Å². The first-order valence-electron chi connectivity index (χ1n) is 10.4. The minimum absolute atomic E-state index is 0.0200. The summed E-state index contributed by atoms with van der Waals surface area (Å²) in [5.41, 5.74) is 5.82. The van der Waals surface area contributed by atoms with Crippen LogP contribution in [0.3, 0.4) is 0 Å². The van der Waals surface area contributed by atoms with Crippen LogP contribution in [0.1, 0.15) is 30.1 Å². The van der Waals surface area contributed by atoms with Crippen LogP contribution in [0.2, 0.25) is 0 Å². The summed E-state index contributed by atoms with van der Waals surface area (Å²) in [5.74, 6) is -4.88. The molecular weight excluding hydrogens is 472 g/mol. The number of carbonyl (C=O) groups is 3. The number of piperidine rings is 1. The number of halogens is 2. The molecule has 2 aromatic carbocycles. The molecule has 2 amide bonds. The van der Waals surface area contributed by atoms with Gasteiger partial charge in [0.1, 0.15) is 0 Å². The molecular formula is C22H23F2N3O6S. The SMILES string of the molecule is CC(OC(=O)C1CCN(S(=O)(=O)c2ccc(F)c(F)c2)CC1)C(=O)Nc1ccc(C(N)=O)cc1. The molecule has 1 aliphatic rings. The number of carbonyl (C=O) groups excluding carboxylic acids is 3. The third-order valence-corrected chi connectivity index (χ3v) is 7.31. The van der Waals surface area contributed by atoms with E-state index in [9.17, 15) is 31.6 Å². The molecule has 12 heteroatoms. The van der Waals surface area contributed by atoms with E-state index in [1.165, 1.54) is 31.2 Å². The second-order valence-electron chi connectivity index (χ2n) is 7.76. The van der Waals surface area contributed by atoms with Gasteiger partial charge in [-0.05, 0) is 62.2 Å². The number of ether oxygens (including phenoxy) is 1. The number of primary amides is 1. The average Bonchev–Trinajstić information content (AvgIpc) is 2.81. The molecule has 1 fully saturated rings. The predicted octanol–water partition coefficient (Wildman–Crippen LogP) is 2.03. The largest absolute Gasteiger partial charge is 0.452 e. The minimum atomic E-state index is -4.05. The fourth-order valence-corrected chi connectivity index (χ4v) is 4.89. The van der Waals surface area contributed by atoms with E-state index in [4.69, 9.17) is 10.5 Å². The Balaban J connectivity index is 1.53. The summed E-state index contributed by atoms with van der Waals surface area (Å²) in [6.07, 6.45) is -0.831. The van der Waals surface area contributed by atoms with Gasteiger partial charge >= 0.3 is 5.97 Å². The van der Waals surface area contributed by atoms with Crippen molar-refractivity contribution in [3.8, 4) is 0 Å². The fraction of sp³-hybridized carbons (Fsp3) is 0.318. The van der Waals surface area contributed by atoms with Gasteiger partial charge in [0.05, 0.1) is 10.8 Å². The van der Waals surface area contributed by atoms with Crippen LogP contribution in [0.25, 0.3) is 0 Å². The van der Waals surface area contributed by atoms with Crippen molar-refractivity contribution >= 4 is 33.5 Å². The van der Waals surface area contributed by atoms with Gasteiger partial charge in [-0.1, -0.05) is 0 Å². The lowest BCUT2D eigenvalue weighted by molar-refractivity contribution is -0.158. The van der Waals surface area contributed by atoms with Crippen LogP contribution in [-0.4, -0.2) is 49.7 Å². The van der Waals surface area contributed by atoms with E-state index < -0.39 is 51.5 Å². The Hall–Kier alpha value is -3.38. The van der Waals surface area contributed by atoms with Crippen molar-refractivity contribution < 1.29 is 36.3 Å². The molecule has 1 aliphatic heterocycles. The monoisotopic (exact) mass is 495 g/mol. The first-order chi connectivity index (χ1) is 16.0. The van der Waals surface area contributed by atoms with Crippen molar-refractivity contribution in [3.63, 3.8) is 0 Å². The van der Waals surface area contributed by atoms with Crippen LogP contribution in [0, 0.1) is 17.6 Å². The van der Waals surface area contributed by atoms with Crippen molar-refractivity contribution in [1.82, 2.24) is 4.31 Å². The minimum Gasteiger partial charge on any atom is -0.452 e. The summed E-state index contributed by atoms with van der Waals surface area (Å²) in [6, 6.07) is 8.19. The van der Waals surface area contributed by atoms with Crippen LogP contribution in [0.4, 0.5) is 14.5 Å². The molecule has 0 aliphatic carbocycles. The smallest absolute Gasteiger partial charge is 0.309 e. The van der Waals surface area contributed by atoms with Gasteiger partial charge in [0.2, 0.25) is 15.9 Å².